The van der Waals surface area contributed by atoms with E-state index in [-0.39, 0.29) is 5.82 Å². The van der Waals surface area contributed by atoms with Crippen LogP contribution < -0.4 is 0 Å². The summed E-state index contributed by atoms with van der Waals surface area (Å²) in [6.45, 7) is 13.1. The van der Waals surface area contributed by atoms with E-state index in [0.717, 1.165) is 17.5 Å². The van der Waals surface area contributed by atoms with E-state index in [2.05, 4.69) is 43.6 Å². The lowest BCUT2D eigenvalue weighted by molar-refractivity contribution is 0.296. The molecule has 0 spiro atoms. The molecule has 0 fully saturated rings. The van der Waals surface area contributed by atoms with E-state index in [9.17, 15) is 4.39 Å². The third kappa shape index (κ3) is 5.25. The molecule has 0 aliphatic rings. The molecule has 108 valence electrons. The Kier molecular flexibility index (Phi) is 5.61. The molecule has 1 rings (SSSR count). The summed E-state index contributed by atoms with van der Waals surface area (Å²) in [6, 6.07) is 3.26. The zero-order valence-electron chi connectivity index (χ0n) is 13.0. The maximum Gasteiger partial charge on any atom is 0.123 e. The van der Waals surface area contributed by atoms with Gasteiger partial charge in [0.2, 0.25) is 0 Å². The summed E-state index contributed by atoms with van der Waals surface area (Å²) < 4.78 is 13.3. The van der Waals surface area contributed by atoms with Crippen molar-refractivity contribution in [3.8, 4) is 0 Å². The molecule has 0 radical (unpaired) electrons. The molecule has 0 saturated carbocycles. The number of hydrogen-bond donors (Lipinski definition) is 0. The zero-order chi connectivity index (χ0) is 14.8. The van der Waals surface area contributed by atoms with Crippen LogP contribution in [0.15, 0.2) is 12.1 Å². The van der Waals surface area contributed by atoms with Gasteiger partial charge in [-0.2, -0.15) is 0 Å². The fourth-order valence-corrected chi connectivity index (χ4v) is 4.38. The van der Waals surface area contributed by atoms with E-state index in [1.807, 2.05) is 13.8 Å². The van der Waals surface area contributed by atoms with E-state index in [0.29, 0.717) is 16.2 Å². The average Bonchev–Trinajstić information content (AvgIpc) is 2.10. The normalized spacial score (nSPS) is 15.4. The predicted octanol–water partition coefficient (Wildman–Crippen LogP) is 6.34. The van der Waals surface area contributed by atoms with E-state index in [4.69, 9.17) is 0 Å². The van der Waals surface area contributed by atoms with E-state index < -0.39 is 0 Å². The Morgan fingerprint density at radius 1 is 1.16 bits per heavy atom. The maximum absolute atomic E-state index is 13.3. The first-order chi connectivity index (χ1) is 8.60. The summed E-state index contributed by atoms with van der Waals surface area (Å²) in [6.07, 6.45) is 2.29. The van der Waals surface area contributed by atoms with Gasteiger partial charge in [0, 0.05) is 4.83 Å². The van der Waals surface area contributed by atoms with E-state index in [1.54, 1.807) is 12.1 Å². The Morgan fingerprint density at radius 3 is 2.05 bits per heavy atom. The number of aryl methyl sites for hydroxylation is 2. The van der Waals surface area contributed by atoms with Crippen LogP contribution in [0.2, 0.25) is 0 Å². The minimum atomic E-state index is -0.138. The monoisotopic (exact) mass is 328 g/mol. The van der Waals surface area contributed by atoms with Crippen LogP contribution >= 0.6 is 15.9 Å². The quantitative estimate of drug-likeness (QED) is 0.565. The molecule has 0 amide bonds. The smallest absolute Gasteiger partial charge is 0.123 e. The Balaban J connectivity index is 2.81. The Labute approximate surface area is 125 Å². The van der Waals surface area contributed by atoms with Crippen molar-refractivity contribution in [2.24, 2.45) is 11.3 Å². The van der Waals surface area contributed by atoms with Crippen molar-refractivity contribution in [1.29, 1.82) is 0 Å². The van der Waals surface area contributed by atoms with Crippen molar-refractivity contribution < 1.29 is 4.39 Å². The van der Waals surface area contributed by atoms with Gasteiger partial charge in [0.15, 0.2) is 0 Å². The molecule has 0 saturated heterocycles. The van der Waals surface area contributed by atoms with Gasteiger partial charge in [-0.15, -0.1) is 0 Å². The van der Waals surface area contributed by atoms with Crippen LogP contribution in [0.4, 0.5) is 4.39 Å². The number of benzene rings is 1. The highest BCUT2D eigenvalue weighted by Gasteiger charge is 2.21. The van der Waals surface area contributed by atoms with Gasteiger partial charge in [0.05, 0.1) is 0 Å². The van der Waals surface area contributed by atoms with Crippen molar-refractivity contribution in [1.82, 2.24) is 0 Å². The predicted molar refractivity (Wildman–Crippen MR) is 85.4 cm³/mol. The van der Waals surface area contributed by atoms with Gasteiger partial charge in [-0.3, -0.25) is 0 Å². The van der Waals surface area contributed by atoms with Gasteiger partial charge in [-0.1, -0.05) is 43.6 Å². The molecule has 19 heavy (non-hydrogen) atoms. The van der Waals surface area contributed by atoms with Crippen LogP contribution in [-0.2, 0) is 0 Å². The second-order valence-electron chi connectivity index (χ2n) is 7.03. The van der Waals surface area contributed by atoms with Crippen molar-refractivity contribution in [3.63, 3.8) is 0 Å². The fourth-order valence-electron chi connectivity index (χ4n) is 3.02. The lowest BCUT2D eigenvalue weighted by Crippen LogP contribution is -2.13. The molecule has 0 nitrogen and oxygen atoms in total. The first-order valence-electron chi connectivity index (χ1n) is 7.01. The molecule has 0 bridgehead atoms. The van der Waals surface area contributed by atoms with Gasteiger partial charge in [0.1, 0.15) is 5.82 Å². The summed E-state index contributed by atoms with van der Waals surface area (Å²) >= 11 is 3.80. The highest BCUT2D eigenvalue weighted by Crippen LogP contribution is 2.37. The Bertz CT molecular complexity index is 408. The molecular formula is C17H26BrF. The van der Waals surface area contributed by atoms with Crippen molar-refractivity contribution in [2.75, 3.05) is 0 Å². The summed E-state index contributed by atoms with van der Waals surface area (Å²) in [5.74, 6) is 0.509. The van der Waals surface area contributed by atoms with Gasteiger partial charge in [0.25, 0.3) is 0 Å². The van der Waals surface area contributed by atoms with Crippen LogP contribution in [0.3, 0.4) is 0 Å². The van der Waals surface area contributed by atoms with Crippen molar-refractivity contribution >= 4 is 15.9 Å². The van der Waals surface area contributed by atoms with Crippen LogP contribution in [0.25, 0.3) is 0 Å². The fraction of sp³-hybridized carbons (Fsp3) is 0.647. The van der Waals surface area contributed by atoms with E-state index in [1.165, 1.54) is 12.0 Å². The minimum absolute atomic E-state index is 0.138. The number of rotatable bonds is 4. The second kappa shape index (κ2) is 6.39. The largest absolute Gasteiger partial charge is 0.207 e. The van der Waals surface area contributed by atoms with Crippen molar-refractivity contribution in [3.05, 3.63) is 34.6 Å². The summed E-state index contributed by atoms with van der Waals surface area (Å²) in [4.78, 5) is 0.311. The third-order valence-corrected chi connectivity index (χ3v) is 4.27. The zero-order valence-corrected chi connectivity index (χ0v) is 14.6. The average molecular weight is 329 g/mol. The van der Waals surface area contributed by atoms with E-state index >= 15 is 0 Å². The molecule has 0 N–H and O–H groups in total. The lowest BCUT2D eigenvalue weighted by Gasteiger charge is -2.26. The molecule has 0 aliphatic carbocycles. The molecule has 0 heterocycles. The van der Waals surface area contributed by atoms with Gasteiger partial charge in [-0.05, 0) is 66.8 Å². The Morgan fingerprint density at radius 2 is 1.63 bits per heavy atom. The molecule has 1 aromatic rings. The first-order valence-corrected chi connectivity index (χ1v) is 7.92. The lowest BCUT2D eigenvalue weighted by atomic mass is 9.82. The topological polar surface area (TPSA) is 0 Å². The molecule has 0 aliphatic heterocycles. The number of alkyl halides is 1. The third-order valence-electron chi connectivity index (χ3n) is 3.44. The van der Waals surface area contributed by atoms with Crippen LogP contribution in [-0.4, -0.2) is 0 Å². The molecule has 2 unspecified atom stereocenters. The Hall–Kier alpha value is -0.370. The molecule has 2 heteroatoms. The highest BCUT2D eigenvalue weighted by atomic mass is 79.9. The maximum atomic E-state index is 13.3. The SMILES string of the molecule is Cc1cc(F)cc(C)c1C(Br)CC(C)CC(C)(C)C. The van der Waals surface area contributed by atoms with Gasteiger partial charge < -0.3 is 0 Å². The summed E-state index contributed by atoms with van der Waals surface area (Å²) in [5, 5.41) is 0. The van der Waals surface area contributed by atoms with Gasteiger partial charge >= 0.3 is 0 Å². The van der Waals surface area contributed by atoms with Crippen molar-refractivity contribution in [2.45, 2.75) is 59.2 Å². The number of halogens is 2. The second-order valence-corrected chi connectivity index (χ2v) is 8.13. The highest BCUT2D eigenvalue weighted by molar-refractivity contribution is 9.09. The van der Waals surface area contributed by atoms with Crippen LogP contribution in [0, 0.1) is 31.0 Å². The van der Waals surface area contributed by atoms with Crippen LogP contribution in [0.1, 0.15) is 62.1 Å². The minimum Gasteiger partial charge on any atom is -0.207 e. The molecule has 1 aromatic carbocycles. The first kappa shape index (κ1) is 16.7. The summed E-state index contributed by atoms with van der Waals surface area (Å²) in [7, 11) is 0. The standard InChI is InChI=1S/C17H26BrF/c1-11(10-17(4,5)6)7-15(18)16-12(2)8-14(19)9-13(16)3/h8-9,11,15H,7,10H2,1-6H3. The number of hydrogen-bond acceptors (Lipinski definition) is 0. The molecular weight excluding hydrogens is 303 g/mol. The van der Waals surface area contributed by atoms with Gasteiger partial charge in [-0.25, -0.2) is 4.39 Å². The molecule has 2 atom stereocenters. The van der Waals surface area contributed by atoms with Crippen LogP contribution in [0.5, 0.6) is 0 Å². The summed E-state index contributed by atoms with van der Waals surface area (Å²) in [5.41, 5.74) is 3.70. The molecule has 0 aromatic heterocycles.